The standard InChI is InChI=1S/C12H24N2O/c1-4-6-10-7-11(9-14(3)8-10)12(15)13-5-2/h10-11H,4-9H2,1-3H3,(H,13,15). The Morgan fingerprint density at radius 2 is 2.13 bits per heavy atom. The predicted molar refractivity (Wildman–Crippen MR) is 62.7 cm³/mol. The fourth-order valence-corrected chi connectivity index (χ4v) is 2.57. The first-order valence-electron chi connectivity index (χ1n) is 6.13. The highest BCUT2D eigenvalue weighted by Gasteiger charge is 2.28. The van der Waals surface area contributed by atoms with Gasteiger partial charge in [0.15, 0.2) is 0 Å². The number of rotatable bonds is 4. The number of likely N-dealkylation sites (tertiary alicyclic amines) is 1. The van der Waals surface area contributed by atoms with Gasteiger partial charge in [-0.05, 0) is 32.7 Å². The van der Waals surface area contributed by atoms with Crippen LogP contribution in [0.5, 0.6) is 0 Å². The van der Waals surface area contributed by atoms with Crippen molar-refractivity contribution in [2.45, 2.75) is 33.1 Å². The number of hydrogen-bond acceptors (Lipinski definition) is 2. The quantitative estimate of drug-likeness (QED) is 0.766. The Labute approximate surface area is 93.2 Å². The Balaban J connectivity index is 2.47. The molecule has 0 aromatic heterocycles. The molecule has 88 valence electrons. The second-order valence-corrected chi connectivity index (χ2v) is 4.70. The van der Waals surface area contributed by atoms with Gasteiger partial charge in [0.05, 0.1) is 5.92 Å². The molecule has 1 aliphatic heterocycles. The summed E-state index contributed by atoms with van der Waals surface area (Å²) in [4.78, 5) is 14.1. The van der Waals surface area contributed by atoms with Crippen LogP contribution >= 0.6 is 0 Å². The van der Waals surface area contributed by atoms with E-state index in [-0.39, 0.29) is 11.8 Å². The minimum absolute atomic E-state index is 0.209. The average Bonchev–Trinajstić information content (AvgIpc) is 2.17. The van der Waals surface area contributed by atoms with Crippen molar-refractivity contribution in [2.75, 3.05) is 26.7 Å². The number of hydrogen-bond donors (Lipinski definition) is 1. The Morgan fingerprint density at radius 1 is 1.40 bits per heavy atom. The first-order chi connectivity index (χ1) is 7.17. The first kappa shape index (κ1) is 12.5. The van der Waals surface area contributed by atoms with Crippen molar-refractivity contribution < 1.29 is 4.79 Å². The molecule has 1 heterocycles. The summed E-state index contributed by atoms with van der Waals surface area (Å²) in [5.74, 6) is 1.16. The second kappa shape index (κ2) is 6.11. The molecular weight excluding hydrogens is 188 g/mol. The topological polar surface area (TPSA) is 32.3 Å². The molecule has 0 bridgehead atoms. The Morgan fingerprint density at radius 3 is 2.73 bits per heavy atom. The number of nitrogens with zero attached hydrogens (tertiary/aromatic N) is 1. The van der Waals surface area contributed by atoms with Gasteiger partial charge in [0, 0.05) is 19.6 Å². The van der Waals surface area contributed by atoms with Gasteiger partial charge < -0.3 is 10.2 Å². The maximum Gasteiger partial charge on any atom is 0.224 e. The van der Waals surface area contributed by atoms with Crippen LogP contribution in [-0.4, -0.2) is 37.5 Å². The minimum atomic E-state index is 0.209. The monoisotopic (exact) mass is 212 g/mol. The number of nitrogens with one attached hydrogen (secondary N) is 1. The summed E-state index contributed by atoms with van der Waals surface area (Å²) in [6.45, 7) is 7.02. The molecule has 0 radical (unpaired) electrons. The van der Waals surface area contributed by atoms with E-state index in [9.17, 15) is 4.79 Å². The van der Waals surface area contributed by atoms with E-state index < -0.39 is 0 Å². The van der Waals surface area contributed by atoms with E-state index in [2.05, 4.69) is 24.2 Å². The number of piperidine rings is 1. The summed E-state index contributed by atoms with van der Waals surface area (Å²) in [5, 5.41) is 2.93. The van der Waals surface area contributed by atoms with E-state index in [1.165, 1.54) is 12.8 Å². The molecule has 1 amide bonds. The zero-order valence-corrected chi connectivity index (χ0v) is 10.3. The maximum atomic E-state index is 11.8. The fraction of sp³-hybridized carbons (Fsp3) is 0.917. The van der Waals surface area contributed by atoms with Gasteiger partial charge in [-0.3, -0.25) is 4.79 Å². The third-order valence-electron chi connectivity index (χ3n) is 3.14. The molecule has 1 N–H and O–H groups in total. The number of amides is 1. The Hall–Kier alpha value is -0.570. The number of carbonyl (C=O) groups is 1. The molecule has 0 aromatic rings. The third kappa shape index (κ3) is 3.82. The largest absolute Gasteiger partial charge is 0.356 e. The second-order valence-electron chi connectivity index (χ2n) is 4.70. The SMILES string of the molecule is CCCC1CC(C(=O)NCC)CN(C)C1. The van der Waals surface area contributed by atoms with Crippen molar-refractivity contribution in [3.05, 3.63) is 0 Å². The predicted octanol–water partition coefficient (Wildman–Crippen LogP) is 1.49. The van der Waals surface area contributed by atoms with Gasteiger partial charge in [-0.1, -0.05) is 13.3 Å². The fourth-order valence-electron chi connectivity index (χ4n) is 2.57. The zero-order chi connectivity index (χ0) is 11.3. The van der Waals surface area contributed by atoms with Gasteiger partial charge in [0.1, 0.15) is 0 Å². The van der Waals surface area contributed by atoms with Gasteiger partial charge in [-0.15, -0.1) is 0 Å². The van der Waals surface area contributed by atoms with Crippen LogP contribution in [-0.2, 0) is 4.79 Å². The molecule has 1 rings (SSSR count). The molecular formula is C12H24N2O. The molecule has 0 spiro atoms. The summed E-state index contributed by atoms with van der Waals surface area (Å²) in [7, 11) is 2.12. The Bertz CT molecular complexity index is 206. The van der Waals surface area contributed by atoms with Crippen molar-refractivity contribution in [2.24, 2.45) is 11.8 Å². The van der Waals surface area contributed by atoms with E-state index in [0.29, 0.717) is 5.92 Å². The summed E-state index contributed by atoms with van der Waals surface area (Å²) in [5.41, 5.74) is 0. The Kier molecular flexibility index (Phi) is 5.09. The summed E-state index contributed by atoms with van der Waals surface area (Å²) in [6.07, 6.45) is 3.55. The van der Waals surface area contributed by atoms with E-state index in [4.69, 9.17) is 0 Å². The van der Waals surface area contributed by atoms with Gasteiger partial charge in [-0.25, -0.2) is 0 Å². The van der Waals surface area contributed by atoms with Gasteiger partial charge in [0.25, 0.3) is 0 Å². The van der Waals surface area contributed by atoms with Crippen LogP contribution in [0.25, 0.3) is 0 Å². The minimum Gasteiger partial charge on any atom is -0.356 e. The normalized spacial score (nSPS) is 27.7. The van der Waals surface area contributed by atoms with Crippen molar-refractivity contribution in [3.8, 4) is 0 Å². The molecule has 2 unspecified atom stereocenters. The highest BCUT2D eigenvalue weighted by atomic mass is 16.1. The first-order valence-corrected chi connectivity index (χ1v) is 6.13. The lowest BCUT2D eigenvalue weighted by Gasteiger charge is -2.34. The molecule has 3 nitrogen and oxygen atoms in total. The molecule has 0 aromatic carbocycles. The van der Waals surface area contributed by atoms with Crippen LogP contribution in [0.1, 0.15) is 33.1 Å². The molecule has 15 heavy (non-hydrogen) atoms. The van der Waals surface area contributed by atoms with Gasteiger partial charge in [0.2, 0.25) is 5.91 Å². The van der Waals surface area contributed by atoms with E-state index in [1.807, 2.05) is 6.92 Å². The summed E-state index contributed by atoms with van der Waals surface area (Å²) < 4.78 is 0. The highest BCUT2D eigenvalue weighted by molar-refractivity contribution is 5.78. The smallest absolute Gasteiger partial charge is 0.224 e. The van der Waals surface area contributed by atoms with Crippen LogP contribution in [0.4, 0.5) is 0 Å². The molecule has 1 fully saturated rings. The molecule has 2 atom stereocenters. The van der Waals surface area contributed by atoms with Crippen LogP contribution in [0.15, 0.2) is 0 Å². The molecule has 1 aliphatic rings. The number of carbonyl (C=O) groups excluding carboxylic acids is 1. The molecule has 1 saturated heterocycles. The van der Waals surface area contributed by atoms with E-state index in [1.54, 1.807) is 0 Å². The van der Waals surface area contributed by atoms with E-state index >= 15 is 0 Å². The third-order valence-corrected chi connectivity index (χ3v) is 3.14. The van der Waals surface area contributed by atoms with Crippen LogP contribution < -0.4 is 5.32 Å². The van der Waals surface area contributed by atoms with Gasteiger partial charge in [-0.2, -0.15) is 0 Å². The average molecular weight is 212 g/mol. The lowest BCUT2D eigenvalue weighted by molar-refractivity contribution is -0.127. The summed E-state index contributed by atoms with van der Waals surface area (Å²) in [6, 6.07) is 0. The lowest BCUT2D eigenvalue weighted by atomic mass is 9.86. The summed E-state index contributed by atoms with van der Waals surface area (Å²) >= 11 is 0. The molecule has 3 heteroatoms. The van der Waals surface area contributed by atoms with Crippen molar-refractivity contribution in [3.63, 3.8) is 0 Å². The van der Waals surface area contributed by atoms with Crippen molar-refractivity contribution >= 4 is 5.91 Å². The van der Waals surface area contributed by atoms with Crippen LogP contribution in [0, 0.1) is 11.8 Å². The van der Waals surface area contributed by atoms with Crippen LogP contribution in [0.3, 0.4) is 0 Å². The van der Waals surface area contributed by atoms with Crippen LogP contribution in [0.2, 0.25) is 0 Å². The van der Waals surface area contributed by atoms with Crippen molar-refractivity contribution in [1.82, 2.24) is 10.2 Å². The van der Waals surface area contributed by atoms with Gasteiger partial charge >= 0.3 is 0 Å². The van der Waals surface area contributed by atoms with Crippen molar-refractivity contribution in [1.29, 1.82) is 0 Å². The lowest BCUT2D eigenvalue weighted by Crippen LogP contribution is -2.44. The highest BCUT2D eigenvalue weighted by Crippen LogP contribution is 2.24. The zero-order valence-electron chi connectivity index (χ0n) is 10.3. The maximum absolute atomic E-state index is 11.8. The van der Waals surface area contributed by atoms with E-state index in [0.717, 1.165) is 26.1 Å². The molecule has 0 aliphatic carbocycles. The molecule has 0 saturated carbocycles.